The van der Waals surface area contributed by atoms with Gasteiger partial charge in [-0.25, -0.2) is 0 Å². The summed E-state index contributed by atoms with van der Waals surface area (Å²) in [4.78, 5) is 21.1. The Hall–Kier alpha value is -2.05. The predicted octanol–water partition coefficient (Wildman–Crippen LogP) is 2.79. The molecule has 1 aromatic carbocycles. The quantitative estimate of drug-likeness (QED) is 0.454. The third kappa shape index (κ3) is 3.20. The molecule has 0 atom stereocenters. The van der Waals surface area contributed by atoms with E-state index >= 15 is 0 Å². The number of nitro groups is 1. The van der Waals surface area contributed by atoms with Crippen molar-refractivity contribution in [1.29, 1.82) is 0 Å². The van der Waals surface area contributed by atoms with Crippen LogP contribution < -0.4 is 4.74 Å². The van der Waals surface area contributed by atoms with Gasteiger partial charge < -0.3 is 4.74 Å². The maximum Gasteiger partial charge on any atom is 0.387 e. The molecule has 0 fully saturated rings. The van der Waals surface area contributed by atoms with E-state index in [1.807, 2.05) is 0 Å². The number of carbonyl (C=O) groups is 1. The molecule has 0 saturated heterocycles. The number of nitrogens with zero attached hydrogens (tertiary/aromatic N) is 1. The van der Waals surface area contributed by atoms with E-state index in [0.29, 0.717) is 0 Å². The summed E-state index contributed by atoms with van der Waals surface area (Å²) in [5, 5.41) is 10.6. The molecule has 0 saturated carbocycles. The summed E-state index contributed by atoms with van der Waals surface area (Å²) in [7, 11) is 0. The molecule has 0 radical (unpaired) electrons. The van der Waals surface area contributed by atoms with Gasteiger partial charge in [0.2, 0.25) is 5.75 Å². The van der Waals surface area contributed by atoms with E-state index in [9.17, 15) is 23.7 Å². The Morgan fingerprint density at radius 3 is 2.65 bits per heavy atom. The fourth-order valence-electron chi connectivity index (χ4n) is 1.23. The van der Waals surface area contributed by atoms with Crippen LogP contribution in [0.2, 0.25) is 0 Å². The first-order chi connectivity index (χ1) is 7.95. The van der Waals surface area contributed by atoms with Crippen molar-refractivity contribution in [2.24, 2.45) is 0 Å². The molecular formula is C10H9F2NO4. The summed E-state index contributed by atoms with van der Waals surface area (Å²) in [5.74, 6) is -0.866. The Bertz CT molecular complexity index is 448. The molecule has 0 aliphatic carbocycles. The van der Waals surface area contributed by atoms with E-state index in [-0.39, 0.29) is 17.8 Å². The Kier molecular flexibility index (Phi) is 4.08. The van der Waals surface area contributed by atoms with Crippen molar-refractivity contribution in [2.75, 3.05) is 0 Å². The van der Waals surface area contributed by atoms with Crippen LogP contribution in [0.1, 0.15) is 23.7 Å². The van der Waals surface area contributed by atoms with E-state index in [2.05, 4.69) is 4.74 Å². The second-order valence-corrected chi connectivity index (χ2v) is 3.09. The number of benzene rings is 1. The monoisotopic (exact) mass is 245 g/mol. The van der Waals surface area contributed by atoms with Crippen LogP contribution in [0, 0.1) is 10.1 Å². The first-order valence-corrected chi connectivity index (χ1v) is 4.72. The summed E-state index contributed by atoms with van der Waals surface area (Å²) in [5.41, 5.74) is -0.551. The van der Waals surface area contributed by atoms with Crippen LogP contribution in [-0.2, 0) is 0 Å². The van der Waals surface area contributed by atoms with Crippen molar-refractivity contribution in [2.45, 2.75) is 20.0 Å². The zero-order valence-electron chi connectivity index (χ0n) is 8.85. The summed E-state index contributed by atoms with van der Waals surface area (Å²) in [6, 6.07) is 3.15. The molecule has 0 aliphatic heterocycles. The molecule has 0 aliphatic rings. The highest BCUT2D eigenvalue weighted by Crippen LogP contribution is 2.29. The highest BCUT2D eigenvalue weighted by Gasteiger charge is 2.20. The standard InChI is InChI=1S/C10H9F2NO4/c1-2-8(14)6-3-4-9(17-10(11)12)7(5-6)13(15)16/h3-5,10H,2H2,1H3. The lowest BCUT2D eigenvalue weighted by Gasteiger charge is -2.06. The van der Waals surface area contributed by atoms with Crippen LogP contribution in [0.25, 0.3) is 0 Å². The largest absolute Gasteiger partial charge is 0.427 e. The Labute approximate surface area is 95.2 Å². The molecule has 0 heterocycles. The van der Waals surface area contributed by atoms with Gasteiger partial charge in [-0.2, -0.15) is 8.78 Å². The lowest BCUT2D eigenvalue weighted by atomic mass is 10.1. The second kappa shape index (κ2) is 5.33. The highest BCUT2D eigenvalue weighted by molar-refractivity contribution is 5.96. The molecule has 17 heavy (non-hydrogen) atoms. The fraction of sp³-hybridized carbons (Fsp3) is 0.300. The van der Waals surface area contributed by atoms with Crippen LogP contribution in [-0.4, -0.2) is 17.3 Å². The van der Waals surface area contributed by atoms with Gasteiger partial charge in [0, 0.05) is 18.1 Å². The zero-order valence-corrected chi connectivity index (χ0v) is 8.85. The van der Waals surface area contributed by atoms with Crippen LogP contribution in [0.4, 0.5) is 14.5 Å². The minimum Gasteiger partial charge on any atom is -0.427 e. The molecule has 0 amide bonds. The van der Waals surface area contributed by atoms with Crippen LogP contribution in [0.5, 0.6) is 5.75 Å². The van der Waals surface area contributed by atoms with E-state index in [4.69, 9.17) is 0 Å². The number of ketones is 1. The molecule has 0 unspecified atom stereocenters. The second-order valence-electron chi connectivity index (χ2n) is 3.09. The van der Waals surface area contributed by atoms with Gasteiger partial charge in [0.25, 0.3) is 0 Å². The summed E-state index contributed by atoms with van der Waals surface area (Å²) in [6.45, 7) is -1.56. The van der Waals surface area contributed by atoms with Gasteiger partial charge in [0.1, 0.15) is 0 Å². The summed E-state index contributed by atoms with van der Waals surface area (Å²) in [6.07, 6.45) is 0.173. The normalized spacial score (nSPS) is 10.4. The Balaban J connectivity index is 3.17. The van der Waals surface area contributed by atoms with Gasteiger partial charge in [-0.3, -0.25) is 14.9 Å². The number of alkyl halides is 2. The van der Waals surface area contributed by atoms with Crippen molar-refractivity contribution < 1.29 is 23.2 Å². The Morgan fingerprint density at radius 2 is 2.18 bits per heavy atom. The molecule has 7 heteroatoms. The molecule has 0 spiro atoms. The third-order valence-electron chi connectivity index (χ3n) is 2.01. The topological polar surface area (TPSA) is 69.4 Å². The first kappa shape index (κ1) is 13.0. The average molecular weight is 245 g/mol. The smallest absolute Gasteiger partial charge is 0.387 e. The molecule has 1 rings (SSSR count). The van der Waals surface area contributed by atoms with Crippen LogP contribution in [0.3, 0.4) is 0 Å². The molecule has 0 N–H and O–H groups in total. The number of carbonyl (C=O) groups excluding carboxylic acids is 1. The van der Waals surface area contributed by atoms with Gasteiger partial charge in [-0.1, -0.05) is 6.92 Å². The molecule has 0 aromatic heterocycles. The van der Waals surface area contributed by atoms with Crippen molar-refractivity contribution in [3.63, 3.8) is 0 Å². The minimum absolute atomic E-state index is 0.0980. The maximum absolute atomic E-state index is 12.0. The first-order valence-electron chi connectivity index (χ1n) is 4.72. The number of hydrogen-bond acceptors (Lipinski definition) is 4. The van der Waals surface area contributed by atoms with Crippen LogP contribution in [0.15, 0.2) is 18.2 Å². The number of ether oxygens (including phenoxy) is 1. The van der Waals surface area contributed by atoms with Crippen LogP contribution >= 0.6 is 0 Å². The lowest BCUT2D eigenvalue weighted by Crippen LogP contribution is -2.06. The number of rotatable bonds is 5. The molecule has 1 aromatic rings. The van der Waals surface area contributed by atoms with Crippen molar-refractivity contribution in [1.82, 2.24) is 0 Å². The van der Waals surface area contributed by atoms with E-state index in [1.165, 1.54) is 6.07 Å². The SMILES string of the molecule is CCC(=O)c1ccc(OC(F)F)c([N+](=O)[O-])c1. The fourth-order valence-corrected chi connectivity index (χ4v) is 1.23. The number of halogens is 2. The van der Waals surface area contributed by atoms with Crippen molar-refractivity contribution in [3.05, 3.63) is 33.9 Å². The van der Waals surface area contributed by atoms with E-state index in [1.54, 1.807) is 6.92 Å². The lowest BCUT2D eigenvalue weighted by molar-refractivity contribution is -0.386. The van der Waals surface area contributed by atoms with Gasteiger partial charge >= 0.3 is 12.3 Å². The molecular weight excluding hydrogens is 236 g/mol. The maximum atomic E-state index is 12.0. The van der Waals surface area contributed by atoms with Gasteiger partial charge in [0.15, 0.2) is 5.78 Å². The zero-order chi connectivity index (χ0) is 13.0. The molecule has 5 nitrogen and oxygen atoms in total. The van der Waals surface area contributed by atoms with E-state index in [0.717, 1.165) is 12.1 Å². The van der Waals surface area contributed by atoms with Gasteiger partial charge in [-0.05, 0) is 12.1 Å². The average Bonchev–Trinajstić information content (AvgIpc) is 2.27. The molecule has 92 valence electrons. The minimum atomic E-state index is -3.15. The molecule has 0 bridgehead atoms. The number of hydrogen-bond donors (Lipinski definition) is 0. The number of Topliss-reactive ketones (excluding diaryl/α,β-unsaturated/α-hetero) is 1. The van der Waals surface area contributed by atoms with Gasteiger partial charge in [0.05, 0.1) is 4.92 Å². The highest BCUT2D eigenvalue weighted by atomic mass is 19.3. The third-order valence-corrected chi connectivity index (χ3v) is 2.01. The number of nitro benzene ring substituents is 1. The predicted molar refractivity (Wildman–Crippen MR) is 54.3 cm³/mol. The van der Waals surface area contributed by atoms with Crippen molar-refractivity contribution >= 4 is 11.5 Å². The van der Waals surface area contributed by atoms with Crippen molar-refractivity contribution in [3.8, 4) is 5.75 Å². The van der Waals surface area contributed by atoms with Gasteiger partial charge in [-0.15, -0.1) is 0 Å². The van der Waals surface area contributed by atoms with E-state index < -0.39 is 23.0 Å². The summed E-state index contributed by atoms with van der Waals surface area (Å²) >= 11 is 0. The summed E-state index contributed by atoms with van der Waals surface area (Å²) < 4.78 is 27.9. The Morgan fingerprint density at radius 1 is 1.53 bits per heavy atom.